The molecule has 1 atom stereocenters. The molecular weight excluding hydrogens is 309 g/mol. The summed E-state index contributed by atoms with van der Waals surface area (Å²) in [6.07, 6.45) is -0.697. The van der Waals surface area contributed by atoms with Crippen LogP contribution in [0, 0.1) is 6.92 Å². The summed E-state index contributed by atoms with van der Waals surface area (Å²) in [5.41, 5.74) is 2.58. The van der Waals surface area contributed by atoms with Gasteiger partial charge in [-0.3, -0.25) is 0 Å². The van der Waals surface area contributed by atoms with E-state index in [2.05, 4.69) is 5.32 Å². The van der Waals surface area contributed by atoms with Gasteiger partial charge in [0.15, 0.2) is 0 Å². The topological polar surface area (TPSA) is 41.5 Å². The number of aliphatic hydroxyl groups excluding tert-OH is 1. The number of nitrogens with one attached hydrogen (secondary N) is 1. The average Bonchev–Trinajstić information content (AvgIpc) is 2.43. The molecule has 0 fully saturated rings. The normalized spacial score (nSPS) is 12.0. The Hall–Kier alpha value is -1.42. The lowest BCUT2D eigenvalue weighted by atomic mass is 10.1. The van der Waals surface area contributed by atoms with Crippen molar-refractivity contribution >= 4 is 28.9 Å². The molecule has 2 aromatic rings. The Morgan fingerprint density at radius 2 is 1.81 bits per heavy atom. The largest absolute Gasteiger partial charge is 0.496 e. The number of aliphatic hydroxyl groups is 1. The number of ether oxygens (including phenoxy) is 1. The second kappa shape index (κ2) is 7.03. The first kappa shape index (κ1) is 16.0. The van der Waals surface area contributed by atoms with Gasteiger partial charge in [0, 0.05) is 27.8 Å². The van der Waals surface area contributed by atoms with E-state index in [1.54, 1.807) is 25.3 Å². The molecule has 3 nitrogen and oxygen atoms in total. The fourth-order valence-corrected chi connectivity index (χ4v) is 2.62. The zero-order valence-corrected chi connectivity index (χ0v) is 13.4. The first-order chi connectivity index (χ1) is 9.99. The maximum atomic E-state index is 10.3. The van der Waals surface area contributed by atoms with Crippen LogP contribution >= 0.6 is 23.2 Å². The second-order valence-electron chi connectivity index (χ2n) is 4.80. The lowest BCUT2D eigenvalue weighted by Gasteiger charge is -2.17. The van der Waals surface area contributed by atoms with Crippen LogP contribution in [-0.2, 0) is 0 Å². The number of anilines is 1. The van der Waals surface area contributed by atoms with E-state index in [0.29, 0.717) is 22.3 Å². The van der Waals surface area contributed by atoms with Crippen molar-refractivity contribution in [3.05, 3.63) is 57.6 Å². The molecule has 0 amide bonds. The van der Waals surface area contributed by atoms with Crippen LogP contribution in [0.1, 0.15) is 17.2 Å². The van der Waals surface area contributed by atoms with Crippen LogP contribution in [0.4, 0.5) is 5.69 Å². The van der Waals surface area contributed by atoms with Gasteiger partial charge in [0.1, 0.15) is 5.75 Å². The number of aryl methyl sites for hydroxylation is 1. The van der Waals surface area contributed by atoms with Gasteiger partial charge in [0.25, 0.3) is 0 Å². The average molecular weight is 326 g/mol. The van der Waals surface area contributed by atoms with Gasteiger partial charge in [0.2, 0.25) is 0 Å². The van der Waals surface area contributed by atoms with Gasteiger partial charge in [0.05, 0.1) is 13.2 Å². The van der Waals surface area contributed by atoms with E-state index in [4.69, 9.17) is 27.9 Å². The Labute approximate surface area is 134 Å². The van der Waals surface area contributed by atoms with Crippen molar-refractivity contribution in [1.82, 2.24) is 0 Å². The lowest BCUT2D eigenvalue weighted by Crippen LogP contribution is -2.13. The predicted molar refractivity (Wildman–Crippen MR) is 87.6 cm³/mol. The second-order valence-corrected chi connectivity index (χ2v) is 5.67. The lowest BCUT2D eigenvalue weighted by molar-refractivity contribution is 0.187. The fourth-order valence-electron chi connectivity index (χ4n) is 2.09. The summed E-state index contributed by atoms with van der Waals surface area (Å²) in [5, 5.41) is 14.6. The summed E-state index contributed by atoms with van der Waals surface area (Å²) >= 11 is 11.9. The van der Waals surface area contributed by atoms with Crippen LogP contribution in [0.5, 0.6) is 5.75 Å². The Balaban J connectivity index is 2.11. The number of rotatable bonds is 5. The maximum Gasteiger partial charge on any atom is 0.124 e. The SMILES string of the molecule is COc1ccc(C)cc1C(O)CNc1cc(Cl)cc(Cl)c1. The molecule has 0 aliphatic rings. The van der Waals surface area contributed by atoms with E-state index < -0.39 is 6.10 Å². The molecule has 0 aliphatic heterocycles. The van der Waals surface area contributed by atoms with Gasteiger partial charge in [-0.05, 0) is 37.3 Å². The minimum absolute atomic E-state index is 0.330. The Bertz CT molecular complexity index is 611. The van der Waals surface area contributed by atoms with E-state index in [9.17, 15) is 5.11 Å². The highest BCUT2D eigenvalue weighted by Crippen LogP contribution is 2.27. The molecule has 0 radical (unpaired) electrons. The third-order valence-corrected chi connectivity index (χ3v) is 3.54. The van der Waals surface area contributed by atoms with Crippen LogP contribution in [0.15, 0.2) is 36.4 Å². The number of methoxy groups -OCH3 is 1. The third-order valence-electron chi connectivity index (χ3n) is 3.11. The number of hydrogen-bond donors (Lipinski definition) is 2. The van der Waals surface area contributed by atoms with E-state index in [-0.39, 0.29) is 0 Å². The predicted octanol–water partition coefficient (Wildman–Crippen LogP) is 4.46. The standard InChI is InChI=1S/C16H17Cl2NO2/c1-10-3-4-16(21-2)14(5-10)15(20)9-19-13-7-11(17)6-12(18)8-13/h3-8,15,19-20H,9H2,1-2H3. The molecule has 0 aliphatic carbocycles. The van der Waals surface area contributed by atoms with Crippen LogP contribution in [0.2, 0.25) is 10.0 Å². The smallest absolute Gasteiger partial charge is 0.124 e. The molecule has 112 valence electrons. The first-order valence-electron chi connectivity index (χ1n) is 6.52. The van der Waals surface area contributed by atoms with E-state index in [1.807, 2.05) is 25.1 Å². The summed E-state index contributed by atoms with van der Waals surface area (Å²) in [7, 11) is 1.59. The summed E-state index contributed by atoms with van der Waals surface area (Å²) in [5.74, 6) is 0.666. The van der Waals surface area contributed by atoms with Crippen molar-refractivity contribution in [2.75, 3.05) is 19.0 Å². The zero-order valence-electron chi connectivity index (χ0n) is 11.9. The monoisotopic (exact) mass is 325 g/mol. The van der Waals surface area contributed by atoms with Gasteiger partial charge in [-0.25, -0.2) is 0 Å². The summed E-state index contributed by atoms with van der Waals surface area (Å²) in [6.45, 7) is 2.30. The van der Waals surface area contributed by atoms with E-state index in [1.165, 1.54) is 0 Å². The van der Waals surface area contributed by atoms with Crippen molar-refractivity contribution in [2.45, 2.75) is 13.0 Å². The van der Waals surface area contributed by atoms with Crippen LogP contribution < -0.4 is 10.1 Å². The highest BCUT2D eigenvalue weighted by molar-refractivity contribution is 6.35. The molecule has 0 saturated carbocycles. The Morgan fingerprint density at radius 3 is 2.43 bits per heavy atom. The fraction of sp³-hybridized carbons (Fsp3) is 0.250. The molecule has 2 N–H and O–H groups in total. The van der Waals surface area contributed by atoms with Gasteiger partial charge < -0.3 is 15.2 Å². The van der Waals surface area contributed by atoms with Crippen molar-refractivity contribution in [3.8, 4) is 5.75 Å². The summed E-state index contributed by atoms with van der Waals surface area (Å²) in [6, 6.07) is 10.9. The summed E-state index contributed by atoms with van der Waals surface area (Å²) < 4.78 is 5.28. The number of hydrogen-bond acceptors (Lipinski definition) is 3. The molecule has 0 saturated heterocycles. The highest BCUT2D eigenvalue weighted by Gasteiger charge is 2.13. The van der Waals surface area contributed by atoms with E-state index in [0.717, 1.165) is 16.8 Å². The zero-order chi connectivity index (χ0) is 15.4. The molecule has 2 aromatic carbocycles. The van der Waals surface area contributed by atoms with Crippen molar-refractivity contribution < 1.29 is 9.84 Å². The van der Waals surface area contributed by atoms with Gasteiger partial charge in [-0.15, -0.1) is 0 Å². The van der Waals surface area contributed by atoms with Crippen molar-refractivity contribution in [1.29, 1.82) is 0 Å². The molecule has 1 unspecified atom stereocenters. The molecule has 21 heavy (non-hydrogen) atoms. The van der Waals surface area contributed by atoms with Gasteiger partial charge in [-0.2, -0.15) is 0 Å². The molecule has 5 heteroatoms. The quantitative estimate of drug-likeness (QED) is 0.852. The molecule has 0 heterocycles. The highest BCUT2D eigenvalue weighted by atomic mass is 35.5. The van der Waals surface area contributed by atoms with Crippen molar-refractivity contribution in [2.24, 2.45) is 0 Å². The van der Waals surface area contributed by atoms with Gasteiger partial charge >= 0.3 is 0 Å². The van der Waals surface area contributed by atoms with Crippen LogP contribution in [0.3, 0.4) is 0 Å². The minimum Gasteiger partial charge on any atom is -0.496 e. The van der Waals surface area contributed by atoms with Crippen LogP contribution in [0.25, 0.3) is 0 Å². The minimum atomic E-state index is -0.697. The number of halogens is 2. The Kier molecular flexibility index (Phi) is 5.34. The van der Waals surface area contributed by atoms with E-state index >= 15 is 0 Å². The molecule has 2 rings (SSSR count). The van der Waals surface area contributed by atoms with Gasteiger partial charge in [-0.1, -0.05) is 34.8 Å². The molecule has 0 bridgehead atoms. The maximum absolute atomic E-state index is 10.3. The first-order valence-corrected chi connectivity index (χ1v) is 7.28. The molecule has 0 spiro atoms. The van der Waals surface area contributed by atoms with Crippen molar-refractivity contribution in [3.63, 3.8) is 0 Å². The molecular formula is C16H17Cl2NO2. The third kappa shape index (κ3) is 4.27. The van der Waals surface area contributed by atoms with Crippen LogP contribution in [-0.4, -0.2) is 18.8 Å². The molecule has 0 aromatic heterocycles. The Morgan fingerprint density at radius 1 is 1.14 bits per heavy atom. The number of benzene rings is 2. The summed E-state index contributed by atoms with van der Waals surface area (Å²) in [4.78, 5) is 0.